The normalized spacial score (nSPS) is 16.4. The standard InChI is InChI=1S/C19H23N5O3/c1-2-21-19(23-11-13-7-8-16(27-13)18(20)26)22-10-12-9-17(25)24-15-6-4-3-5-14(12)15/h3-8,12H,2,9-11H2,1H3,(H2,20,26)(H,24,25)(H2,21,22,23). The average molecular weight is 369 g/mol. The van der Waals surface area contributed by atoms with Gasteiger partial charge in [0.05, 0.1) is 0 Å². The number of nitrogens with one attached hydrogen (secondary N) is 3. The monoisotopic (exact) mass is 369 g/mol. The highest BCUT2D eigenvalue weighted by Crippen LogP contribution is 2.31. The number of guanidine groups is 1. The predicted octanol–water partition coefficient (Wildman–Crippen LogP) is 1.56. The third-order valence-electron chi connectivity index (χ3n) is 4.26. The number of anilines is 1. The number of carbonyl (C=O) groups is 2. The summed E-state index contributed by atoms with van der Waals surface area (Å²) in [6.45, 7) is 3.50. The summed E-state index contributed by atoms with van der Waals surface area (Å²) < 4.78 is 5.34. The van der Waals surface area contributed by atoms with E-state index in [2.05, 4.69) is 20.9 Å². The first-order valence-electron chi connectivity index (χ1n) is 8.86. The van der Waals surface area contributed by atoms with Crippen LogP contribution in [-0.4, -0.2) is 30.9 Å². The van der Waals surface area contributed by atoms with Crippen molar-refractivity contribution in [3.05, 3.63) is 53.5 Å². The third kappa shape index (κ3) is 4.66. The highest BCUT2D eigenvalue weighted by atomic mass is 16.3. The highest BCUT2D eigenvalue weighted by molar-refractivity contribution is 5.94. The van der Waals surface area contributed by atoms with E-state index in [1.807, 2.05) is 31.2 Å². The second-order valence-electron chi connectivity index (χ2n) is 6.24. The van der Waals surface area contributed by atoms with Gasteiger partial charge in [-0.2, -0.15) is 0 Å². The summed E-state index contributed by atoms with van der Waals surface area (Å²) in [5.74, 6) is 0.731. The van der Waals surface area contributed by atoms with E-state index in [1.54, 1.807) is 6.07 Å². The summed E-state index contributed by atoms with van der Waals surface area (Å²) in [4.78, 5) is 27.5. The van der Waals surface area contributed by atoms with Crippen LogP contribution >= 0.6 is 0 Å². The minimum absolute atomic E-state index is 0.0111. The van der Waals surface area contributed by atoms with Crippen molar-refractivity contribution in [1.82, 2.24) is 10.6 Å². The van der Waals surface area contributed by atoms with E-state index < -0.39 is 5.91 Å². The van der Waals surface area contributed by atoms with Crippen LogP contribution < -0.4 is 21.7 Å². The SMILES string of the molecule is CCNC(=NCc1ccc(C(N)=O)o1)NCC1CC(=O)Nc2ccccc21. The Morgan fingerprint density at radius 2 is 2.11 bits per heavy atom. The van der Waals surface area contributed by atoms with Crippen LogP contribution in [-0.2, 0) is 11.3 Å². The van der Waals surface area contributed by atoms with Gasteiger partial charge in [-0.15, -0.1) is 0 Å². The minimum atomic E-state index is -0.607. The molecule has 27 heavy (non-hydrogen) atoms. The van der Waals surface area contributed by atoms with Gasteiger partial charge in [0, 0.05) is 31.1 Å². The minimum Gasteiger partial charge on any atom is -0.454 e. The maximum atomic E-state index is 11.9. The number of primary amides is 1. The topological polar surface area (TPSA) is 122 Å². The quantitative estimate of drug-likeness (QED) is 0.455. The fraction of sp³-hybridized carbons (Fsp3) is 0.316. The van der Waals surface area contributed by atoms with Crippen molar-refractivity contribution in [3.8, 4) is 0 Å². The van der Waals surface area contributed by atoms with Crippen molar-refractivity contribution in [1.29, 1.82) is 0 Å². The Morgan fingerprint density at radius 1 is 1.30 bits per heavy atom. The fourth-order valence-corrected chi connectivity index (χ4v) is 3.00. The molecule has 8 heteroatoms. The zero-order valence-electron chi connectivity index (χ0n) is 15.1. The lowest BCUT2D eigenvalue weighted by Gasteiger charge is -2.26. The molecule has 0 bridgehead atoms. The summed E-state index contributed by atoms with van der Waals surface area (Å²) in [7, 11) is 0. The number of carbonyl (C=O) groups excluding carboxylic acids is 2. The van der Waals surface area contributed by atoms with Gasteiger partial charge in [0.15, 0.2) is 11.7 Å². The van der Waals surface area contributed by atoms with Crippen LogP contribution in [0.25, 0.3) is 0 Å². The van der Waals surface area contributed by atoms with E-state index in [1.165, 1.54) is 6.07 Å². The molecule has 0 saturated heterocycles. The van der Waals surface area contributed by atoms with Gasteiger partial charge in [-0.3, -0.25) is 9.59 Å². The number of nitrogens with zero attached hydrogens (tertiary/aromatic N) is 1. The first-order chi connectivity index (χ1) is 13.1. The van der Waals surface area contributed by atoms with Crippen molar-refractivity contribution >= 4 is 23.5 Å². The highest BCUT2D eigenvalue weighted by Gasteiger charge is 2.24. The summed E-state index contributed by atoms with van der Waals surface area (Å²) >= 11 is 0. The van der Waals surface area contributed by atoms with E-state index >= 15 is 0 Å². The van der Waals surface area contributed by atoms with Gasteiger partial charge in [0.25, 0.3) is 5.91 Å². The summed E-state index contributed by atoms with van der Waals surface area (Å²) in [6.07, 6.45) is 0.420. The van der Waals surface area contributed by atoms with Gasteiger partial charge in [-0.25, -0.2) is 4.99 Å². The molecule has 1 unspecified atom stereocenters. The van der Waals surface area contributed by atoms with Gasteiger partial charge in [0.2, 0.25) is 5.91 Å². The van der Waals surface area contributed by atoms with Crippen LogP contribution in [0.5, 0.6) is 0 Å². The Balaban J connectivity index is 1.66. The smallest absolute Gasteiger partial charge is 0.284 e. The lowest BCUT2D eigenvalue weighted by Crippen LogP contribution is -2.40. The van der Waals surface area contributed by atoms with Crippen LogP contribution in [0.15, 0.2) is 45.8 Å². The molecular weight excluding hydrogens is 346 g/mol. The number of aliphatic imine (C=N–C) groups is 1. The Kier molecular flexibility index (Phi) is 5.75. The van der Waals surface area contributed by atoms with Crippen molar-refractivity contribution in [2.75, 3.05) is 18.4 Å². The molecule has 0 fully saturated rings. The largest absolute Gasteiger partial charge is 0.454 e. The molecule has 2 aromatic rings. The Hall–Kier alpha value is -3.29. The molecule has 1 aliphatic rings. The average Bonchev–Trinajstić information content (AvgIpc) is 3.13. The van der Waals surface area contributed by atoms with E-state index in [0.717, 1.165) is 11.3 Å². The van der Waals surface area contributed by atoms with Crippen LogP contribution in [0.4, 0.5) is 5.69 Å². The molecule has 0 saturated carbocycles. The molecule has 1 aromatic carbocycles. The van der Waals surface area contributed by atoms with Gasteiger partial charge in [0.1, 0.15) is 12.3 Å². The Morgan fingerprint density at radius 3 is 2.85 bits per heavy atom. The maximum Gasteiger partial charge on any atom is 0.284 e. The molecule has 2 heterocycles. The van der Waals surface area contributed by atoms with E-state index in [9.17, 15) is 9.59 Å². The van der Waals surface area contributed by atoms with Gasteiger partial charge < -0.3 is 26.1 Å². The molecule has 3 rings (SSSR count). The second-order valence-corrected chi connectivity index (χ2v) is 6.24. The Bertz CT molecular complexity index is 859. The van der Waals surface area contributed by atoms with E-state index in [4.69, 9.17) is 10.2 Å². The number of hydrogen-bond acceptors (Lipinski definition) is 4. The molecule has 8 nitrogen and oxygen atoms in total. The predicted molar refractivity (Wildman–Crippen MR) is 102 cm³/mol. The van der Waals surface area contributed by atoms with Crippen molar-refractivity contribution in [2.24, 2.45) is 10.7 Å². The number of para-hydroxylation sites is 1. The van der Waals surface area contributed by atoms with Crippen LogP contribution in [0.3, 0.4) is 0 Å². The summed E-state index contributed by atoms with van der Waals surface area (Å²) in [6, 6.07) is 11.0. The van der Waals surface area contributed by atoms with Crippen molar-refractivity contribution in [2.45, 2.75) is 25.8 Å². The van der Waals surface area contributed by atoms with E-state index in [-0.39, 0.29) is 24.1 Å². The molecule has 1 atom stereocenters. The van der Waals surface area contributed by atoms with Gasteiger partial charge >= 0.3 is 0 Å². The number of amides is 2. The summed E-state index contributed by atoms with van der Waals surface area (Å²) in [5, 5.41) is 9.34. The third-order valence-corrected chi connectivity index (χ3v) is 4.26. The molecule has 0 spiro atoms. The molecule has 1 aliphatic heterocycles. The van der Waals surface area contributed by atoms with Crippen LogP contribution in [0.1, 0.15) is 41.1 Å². The number of nitrogens with two attached hydrogens (primary N) is 1. The molecule has 5 N–H and O–H groups in total. The number of rotatable bonds is 6. The Labute approximate surface area is 157 Å². The van der Waals surface area contributed by atoms with Crippen molar-refractivity contribution in [3.63, 3.8) is 0 Å². The fourth-order valence-electron chi connectivity index (χ4n) is 3.00. The zero-order valence-corrected chi connectivity index (χ0v) is 15.1. The lowest BCUT2D eigenvalue weighted by atomic mass is 9.90. The molecule has 1 aromatic heterocycles. The number of fused-ring (bicyclic) bond motifs is 1. The molecule has 2 amide bonds. The second kappa shape index (κ2) is 8.39. The molecule has 142 valence electrons. The number of benzene rings is 1. The van der Waals surface area contributed by atoms with Gasteiger partial charge in [-0.1, -0.05) is 18.2 Å². The first kappa shape index (κ1) is 18.5. The zero-order chi connectivity index (χ0) is 19.2. The van der Waals surface area contributed by atoms with Crippen molar-refractivity contribution < 1.29 is 14.0 Å². The molecule has 0 radical (unpaired) electrons. The van der Waals surface area contributed by atoms with Gasteiger partial charge in [-0.05, 0) is 30.7 Å². The summed E-state index contributed by atoms with van der Waals surface area (Å²) in [5.41, 5.74) is 7.15. The molecule has 0 aliphatic carbocycles. The van der Waals surface area contributed by atoms with Crippen LogP contribution in [0, 0.1) is 0 Å². The van der Waals surface area contributed by atoms with Crippen LogP contribution in [0.2, 0.25) is 0 Å². The van der Waals surface area contributed by atoms with E-state index in [0.29, 0.717) is 31.2 Å². The first-order valence-corrected chi connectivity index (χ1v) is 8.86. The maximum absolute atomic E-state index is 11.9. The lowest BCUT2D eigenvalue weighted by molar-refractivity contribution is -0.116. The number of hydrogen-bond donors (Lipinski definition) is 4. The molecular formula is C19H23N5O3. The number of furan rings is 1.